The molecule has 192 valence electrons. The molecule has 4 nitrogen and oxygen atoms in total. The Morgan fingerprint density at radius 2 is 1.00 bits per heavy atom. The van der Waals surface area contributed by atoms with Crippen molar-refractivity contribution in [1.29, 1.82) is 0 Å². The molecule has 0 spiro atoms. The summed E-state index contributed by atoms with van der Waals surface area (Å²) >= 11 is 0. The third kappa shape index (κ3) is 13.5. The fourth-order valence-electron chi connectivity index (χ4n) is 2.64. The average molecular weight is 493 g/mol. The van der Waals surface area contributed by atoms with Crippen LogP contribution >= 0.6 is 0 Å². The fourth-order valence-corrected chi connectivity index (χ4v) is 2.64. The van der Waals surface area contributed by atoms with Crippen molar-refractivity contribution in [1.82, 2.24) is 19.9 Å². The van der Waals surface area contributed by atoms with Crippen molar-refractivity contribution in [3.05, 3.63) is 120 Å². The smallest absolute Gasteiger partial charge is 0.0840 e. The van der Waals surface area contributed by atoms with Gasteiger partial charge in [0.25, 0.3) is 0 Å². The molecule has 4 heteroatoms. The van der Waals surface area contributed by atoms with E-state index in [0.29, 0.717) is 48.0 Å². The molecule has 0 aliphatic heterocycles. The van der Waals surface area contributed by atoms with E-state index in [9.17, 15) is 0 Å². The quantitative estimate of drug-likeness (QED) is 0.285. The molecule has 0 aliphatic rings. The highest BCUT2D eigenvalue weighted by molar-refractivity contribution is 5.09. The SMILES string of the molecule is [3H]c1ccc(C(C)C)nc1.[3H]c1cccc(C(C)C)n1.[3H]c1cccnc1C(C)C.[3H]c1ccnc(C(C)C)c1. The Morgan fingerprint density at radius 1 is 0.472 bits per heavy atom. The van der Waals surface area contributed by atoms with Gasteiger partial charge in [0.15, 0.2) is 0 Å². The van der Waals surface area contributed by atoms with Crippen molar-refractivity contribution in [2.24, 2.45) is 0 Å². The first-order valence-corrected chi connectivity index (χ1v) is 12.5. The molecule has 0 N–H and O–H groups in total. The maximum Gasteiger partial charge on any atom is 0.0840 e. The second-order valence-electron chi connectivity index (χ2n) is 9.34. The summed E-state index contributed by atoms with van der Waals surface area (Å²) in [6.45, 7) is 16.5. The lowest BCUT2D eigenvalue weighted by molar-refractivity contribution is 0.823. The lowest BCUT2D eigenvalue weighted by Crippen LogP contribution is -1.88. The first kappa shape index (κ1) is 24.3. The minimum atomic E-state index is 0.353. The first-order valence-electron chi connectivity index (χ1n) is 14.5. The molecule has 4 rings (SSSR count). The topological polar surface area (TPSA) is 51.6 Å². The molecule has 0 aromatic carbocycles. The van der Waals surface area contributed by atoms with Crippen molar-refractivity contribution in [3.8, 4) is 0 Å². The second-order valence-corrected chi connectivity index (χ2v) is 9.34. The van der Waals surface area contributed by atoms with Gasteiger partial charge >= 0.3 is 0 Å². The lowest BCUT2D eigenvalue weighted by Gasteiger charge is -2.00. The number of hydrogen-bond acceptors (Lipinski definition) is 4. The summed E-state index contributed by atoms with van der Waals surface area (Å²) in [4.78, 5) is 16.3. The number of nitrogens with zero attached hydrogens (tertiary/aromatic N) is 4. The van der Waals surface area contributed by atoms with Gasteiger partial charge in [0, 0.05) is 47.5 Å². The molecular formula is C32H44N4. The zero-order valence-electron chi connectivity index (χ0n) is 27.0. The van der Waals surface area contributed by atoms with Crippen molar-refractivity contribution < 1.29 is 5.48 Å². The fraction of sp³-hybridized carbons (Fsp3) is 0.375. The summed E-state index contributed by atoms with van der Waals surface area (Å²) < 4.78 is 29.1. The third-order valence-corrected chi connectivity index (χ3v) is 4.84. The molecule has 0 radical (unpaired) electrons. The van der Waals surface area contributed by atoms with Gasteiger partial charge in [-0.15, -0.1) is 0 Å². The van der Waals surface area contributed by atoms with E-state index in [4.69, 9.17) is 5.48 Å². The molecule has 0 atom stereocenters. The van der Waals surface area contributed by atoms with Gasteiger partial charge in [0.1, 0.15) is 0 Å². The lowest BCUT2D eigenvalue weighted by atomic mass is 10.1. The average Bonchev–Trinajstić information content (AvgIpc) is 2.90. The molecule has 0 amide bonds. The van der Waals surface area contributed by atoms with Gasteiger partial charge in [0.05, 0.1) is 5.48 Å². The highest BCUT2D eigenvalue weighted by atomic mass is 14.7. The summed E-state index contributed by atoms with van der Waals surface area (Å²) in [7, 11) is 0. The van der Waals surface area contributed by atoms with Crippen molar-refractivity contribution >= 4 is 0 Å². The molecule has 0 unspecified atom stereocenters. The van der Waals surface area contributed by atoms with E-state index in [1.54, 1.807) is 55.0 Å². The number of rotatable bonds is 4. The van der Waals surface area contributed by atoms with Gasteiger partial charge in [0.2, 0.25) is 0 Å². The normalized spacial score (nSPS) is 11.7. The minimum Gasteiger partial charge on any atom is -0.261 e. The second kappa shape index (κ2) is 18.0. The van der Waals surface area contributed by atoms with Crippen LogP contribution < -0.4 is 0 Å². The standard InChI is InChI=1S/4C8H11N/c4*1-7(2)8-5-3-4-6-9-8/h4*3-7H,1-2H3/i6T;5T;4T;3T. The molecule has 0 saturated heterocycles. The van der Waals surface area contributed by atoms with E-state index in [2.05, 4.69) is 61.5 Å². The summed E-state index contributed by atoms with van der Waals surface area (Å²) in [6.07, 6.45) is 5.34. The molecule has 0 saturated carbocycles. The molecule has 0 aliphatic carbocycles. The summed E-state index contributed by atoms with van der Waals surface area (Å²) in [6, 6.07) is 17.8. The molecule has 0 fully saturated rings. The van der Waals surface area contributed by atoms with E-state index in [-0.39, 0.29) is 0 Å². The highest BCUT2D eigenvalue weighted by Gasteiger charge is 1.97. The highest BCUT2D eigenvalue weighted by Crippen LogP contribution is 2.10. The zero-order valence-corrected chi connectivity index (χ0v) is 23.0. The maximum atomic E-state index is 7.44. The predicted molar refractivity (Wildman–Crippen MR) is 153 cm³/mol. The van der Waals surface area contributed by atoms with Crippen LogP contribution in [0.3, 0.4) is 0 Å². The predicted octanol–water partition coefficient (Wildman–Crippen LogP) is 8.82. The van der Waals surface area contributed by atoms with Crippen LogP contribution in [0.4, 0.5) is 0 Å². The molecule has 4 aromatic rings. The Labute approximate surface area is 224 Å². The van der Waals surface area contributed by atoms with Crippen molar-refractivity contribution in [2.45, 2.75) is 79.1 Å². The van der Waals surface area contributed by atoms with Gasteiger partial charge in [-0.05, 0) is 72.2 Å². The van der Waals surface area contributed by atoms with E-state index in [0.717, 1.165) is 22.8 Å². The summed E-state index contributed by atoms with van der Waals surface area (Å²) in [5.41, 5.74) is 3.92. The van der Waals surface area contributed by atoms with Crippen LogP contribution in [0.5, 0.6) is 0 Å². The Kier molecular flexibility index (Phi) is 12.1. The van der Waals surface area contributed by atoms with Crippen LogP contribution in [0.25, 0.3) is 0 Å². The maximum absolute atomic E-state index is 7.44. The zero-order chi connectivity index (χ0) is 30.2. The van der Waals surface area contributed by atoms with Crippen LogP contribution in [0.2, 0.25) is 0 Å². The van der Waals surface area contributed by atoms with Crippen molar-refractivity contribution in [3.63, 3.8) is 0 Å². The monoisotopic (exact) mass is 492 g/mol. The largest absolute Gasteiger partial charge is 0.261 e. The van der Waals surface area contributed by atoms with E-state index in [1.165, 1.54) is 0 Å². The first-order chi connectivity index (χ1) is 18.8. The van der Waals surface area contributed by atoms with E-state index >= 15 is 0 Å². The Bertz CT molecular complexity index is 1210. The Balaban J connectivity index is 0.000000267. The molecule has 36 heavy (non-hydrogen) atoms. The van der Waals surface area contributed by atoms with Crippen LogP contribution in [0.1, 0.15) is 107 Å². The molecule has 4 aromatic heterocycles. The minimum absolute atomic E-state index is 0.353. The van der Waals surface area contributed by atoms with Gasteiger partial charge in [-0.3, -0.25) is 19.9 Å². The van der Waals surface area contributed by atoms with Crippen molar-refractivity contribution in [2.75, 3.05) is 0 Å². The van der Waals surface area contributed by atoms with Gasteiger partial charge in [-0.25, -0.2) is 0 Å². The van der Waals surface area contributed by atoms with Crippen LogP contribution in [-0.2, 0) is 0 Å². The van der Waals surface area contributed by atoms with Crippen LogP contribution in [-0.4, -0.2) is 19.9 Å². The van der Waals surface area contributed by atoms with E-state index in [1.807, 2.05) is 32.0 Å². The third-order valence-electron chi connectivity index (χ3n) is 4.84. The number of hydrogen-bond donors (Lipinski definition) is 0. The summed E-state index contributed by atoms with van der Waals surface area (Å²) in [5.74, 6) is 1.66. The van der Waals surface area contributed by atoms with Gasteiger partial charge in [-0.2, -0.15) is 0 Å². The summed E-state index contributed by atoms with van der Waals surface area (Å²) in [5, 5.41) is 0. The number of pyridine rings is 4. The van der Waals surface area contributed by atoms with Gasteiger partial charge < -0.3 is 0 Å². The molecule has 0 bridgehead atoms. The Hall–Kier alpha value is -3.40. The molecule has 4 heterocycles. The molecular weight excluding hydrogens is 440 g/mol. The van der Waals surface area contributed by atoms with Crippen LogP contribution in [0, 0.1) is 0 Å². The Morgan fingerprint density at radius 3 is 1.44 bits per heavy atom. The van der Waals surface area contributed by atoms with E-state index < -0.39 is 0 Å². The van der Waals surface area contributed by atoms with Gasteiger partial charge in [-0.1, -0.05) is 79.6 Å². The van der Waals surface area contributed by atoms with Crippen LogP contribution in [0.15, 0.2) is 97.5 Å². The number of aromatic nitrogens is 4.